The van der Waals surface area contributed by atoms with Crippen molar-refractivity contribution >= 4 is 23.4 Å². The zero-order valence-corrected chi connectivity index (χ0v) is 18.1. The van der Waals surface area contributed by atoms with E-state index in [2.05, 4.69) is 5.32 Å². The smallest absolute Gasteiger partial charge is 0.407 e. The molecule has 1 aliphatic rings. The van der Waals surface area contributed by atoms with Gasteiger partial charge in [0.2, 0.25) is 0 Å². The quantitative estimate of drug-likeness (QED) is 0.363. The molecule has 1 amide bonds. The summed E-state index contributed by atoms with van der Waals surface area (Å²) >= 11 is 0. The van der Waals surface area contributed by atoms with Crippen LogP contribution in [0, 0.1) is 20.2 Å². The van der Waals surface area contributed by atoms with E-state index < -0.39 is 45.7 Å². The highest BCUT2D eigenvalue weighted by Crippen LogP contribution is 2.44. The van der Waals surface area contributed by atoms with E-state index in [0.29, 0.717) is 0 Å². The number of nitrogens with one attached hydrogen (secondary N) is 1. The second-order valence-electron chi connectivity index (χ2n) is 7.89. The Morgan fingerprint density at radius 1 is 0.943 bits per heavy atom. The van der Waals surface area contributed by atoms with Gasteiger partial charge in [0, 0.05) is 24.0 Å². The number of non-ortho nitro benzene ring substituents is 1. The lowest BCUT2D eigenvalue weighted by molar-refractivity contribution is -0.394. The van der Waals surface area contributed by atoms with Gasteiger partial charge in [0.1, 0.15) is 12.6 Å². The third-order valence-corrected chi connectivity index (χ3v) is 5.83. The molecule has 0 aliphatic heterocycles. The summed E-state index contributed by atoms with van der Waals surface area (Å²) < 4.78 is 5.35. The maximum Gasteiger partial charge on any atom is 0.407 e. The standard InChI is InChI=1S/C24H19N3O8/c28-23(29)21(11-14-9-10-15(26(31)32)12-22(14)27(33)34)25-24(30)35-13-20-18-7-3-1-5-16(18)17-6-2-4-8-19(17)20/h1-10,12,20-21H,11,13H2,(H,25,30)(H,28,29)/t21-/m1/s1. The van der Waals surface area contributed by atoms with E-state index in [4.69, 9.17) is 4.74 Å². The maximum absolute atomic E-state index is 12.5. The van der Waals surface area contributed by atoms with Crippen molar-refractivity contribution in [1.82, 2.24) is 5.32 Å². The number of aliphatic carboxylic acids is 1. The first kappa shape index (κ1) is 23.4. The largest absolute Gasteiger partial charge is 0.480 e. The summed E-state index contributed by atoms with van der Waals surface area (Å²) in [5.74, 6) is -1.67. The monoisotopic (exact) mass is 477 g/mol. The number of ether oxygens (including phenoxy) is 1. The molecule has 3 aromatic rings. The van der Waals surface area contributed by atoms with Gasteiger partial charge in [-0.25, -0.2) is 9.59 Å². The molecule has 11 heteroatoms. The van der Waals surface area contributed by atoms with Crippen molar-refractivity contribution in [3.8, 4) is 11.1 Å². The van der Waals surface area contributed by atoms with Crippen molar-refractivity contribution in [2.24, 2.45) is 0 Å². The lowest BCUT2D eigenvalue weighted by Gasteiger charge is -2.17. The molecule has 1 aliphatic carbocycles. The molecule has 0 heterocycles. The van der Waals surface area contributed by atoms with Crippen LogP contribution in [0.2, 0.25) is 0 Å². The minimum absolute atomic E-state index is 0.0378. The molecule has 0 radical (unpaired) electrons. The summed E-state index contributed by atoms with van der Waals surface area (Å²) in [5.41, 5.74) is 2.84. The van der Waals surface area contributed by atoms with Crippen LogP contribution in [-0.2, 0) is 16.0 Å². The number of nitro benzene ring substituents is 2. The Balaban J connectivity index is 1.47. The van der Waals surface area contributed by atoms with Crippen molar-refractivity contribution in [1.29, 1.82) is 0 Å². The molecule has 0 fully saturated rings. The fraction of sp³-hybridized carbons (Fsp3) is 0.167. The Morgan fingerprint density at radius 3 is 2.09 bits per heavy atom. The molecule has 0 unspecified atom stereocenters. The summed E-state index contributed by atoms with van der Waals surface area (Å²) in [4.78, 5) is 44.8. The fourth-order valence-corrected chi connectivity index (χ4v) is 4.21. The zero-order valence-electron chi connectivity index (χ0n) is 18.1. The Bertz CT molecular complexity index is 1290. The van der Waals surface area contributed by atoms with Crippen molar-refractivity contribution in [3.05, 3.63) is 104 Å². The number of hydrogen-bond donors (Lipinski definition) is 2. The van der Waals surface area contributed by atoms with Crippen molar-refractivity contribution in [3.63, 3.8) is 0 Å². The van der Waals surface area contributed by atoms with Gasteiger partial charge in [-0.2, -0.15) is 0 Å². The Hall–Kier alpha value is -4.80. The predicted molar refractivity (Wildman–Crippen MR) is 123 cm³/mol. The van der Waals surface area contributed by atoms with Gasteiger partial charge in [0.25, 0.3) is 11.4 Å². The summed E-state index contributed by atoms with van der Waals surface area (Å²) in [6.45, 7) is -0.0378. The first-order valence-electron chi connectivity index (χ1n) is 10.5. The number of fused-ring (bicyclic) bond motifs is 3. The van der Waals surface area contributed by atoms with E-state index >= 15 is 0 Å². The van der Waals surface area contributed by atoms with Gasteiger partial charge < -0.3 is 15.2 Å². The Labute approximate surface area is 198 Å². The number of hydrogen-bond acceptors (Lipinski definition) is 7. The predicted octanol–water partition coefficient (Wildman–Crippen LogP) is 4.04. The first-order valence-corrected chi connectivity index (χ1v) is 10.5. The van der Waals surface area contributed by atoms with Crippen LogP contribution in [0.1, 0.15) is 22.6 Å². The number of carbonyl (C=O) groups is 2. The van der Waals surface area contributed by atoms with Gasteiger partial charge in [0.15, 0.2) is 0 Å². The number of nitro groups is 2. The molecule has 4 rings (SSSR count). The zero-order chi connectivity index (χ0) is 25.1. The van der Waals surface area contributed by atoms with E-state index in [-0.39, 0.29) is 18.1 Å². The van der Waals surface area contributed by atoms with Crippen LogP contribution in [-0.4, -0.2) is 39.7 Å². The van der Waals surface area contributed by atoms with Crippen LogP contribution in [0.25, 0.3) is 11.1 Å². The van der Waals surface area contributed by atoms with Crippen molar-refractivity contribution in [2.75, 3.05) is 6.61 Å². The van der Waals surface area contributed by atoms with Crippen LogP contribution in [0.4, 0.5) is 16.2 Å². The van der Waals surface area contributed by atoms with Crippen LogP contribution >= 0.6 is 0 Å². The average Bonchev–Trinajstić information content (AvgIpc) is 3.16. The van der Waals surface area contributed by atoms with E-state index in [1.165, 1.54) is 0 Å². The number of carboxylic acids is 1. The number of benzene rings is 3. The normalized spacial score (nSPS) is 12.8. The van der Waals surface area contributed by atoms with Gasteiger partial charge in [-0.1, -0.05) is 48.5 Å². The molecule has 0 saturated heterocycles. The highest BCUT2D eigenvalue weighted by molar-refractivity contribution is 5.81. The molecular formula is C24H19N3O8. The lowest BCUT2D eigenvalue weighted by atomic mass is 9.98. The molecule has 178 valence electrons. The van der Waals surface area contributed by atoms with Gasteiger partial charge in [-0.15, -0.1) is 0 Å². The van der Waals surface area contributed by atoms with Crippen LogP contribution in [0.3, 0.4) is 0 Å². The van der Waals surface area contributed by atoms with E-state index in [1.807, 2.05) is 48.5 Å². The number of alkyl carbamates (subject to hydrolysis) is 1. The third-order valence-electron chi connectivity index (χ3n) is 5.83. The Morgan fingerprint density at radius 2 is 1.54 bits per heavy atom. The number of rotatable bonds is 8. The van der Waals surface area contributed by atoms with E-state index in [0.717, 1.165) is 40.5 Å². The highest BCUT2D eigenvalue weighted by Gasteiger charge is 2.30. The number of carboxylic acid groups (broad SMARTS) is 1. The fourth-order valence-electron chi connectivity index (χ4n) is 4.21. The molecular weight excluding hydrogens is 458 g/mol. The third kappa shape index (κ3) is 4.78. The minimum Gasteiger partial charge on any atom is -0.480 e. The summed E-state index contributed by atoms with van der Waals surface area (Å²) in [6, 6.07) is 16.8. The Kier molecular flexibility index (Phi) is 6.40. The highest BCUT2D eigenvalue weighted by atomic mass is 16.6. The van der Waals surface area contributed by atoms with Crippen LogP contribution in [0.15, 0.2) is 66.7 Å². The van der Waals surface area contributed by atoms with E-state index in [9.17, 15) is 34.9 Å². The first-order chi connectivity index (χ1) is 16.8. The van der Waals surface area contributed by atoms with Gasteiger partial charge in [-0.3, -0.25) is 20.2 Å². The molecule has 2 N–H and O–H groups in total. The molecule has 0 spiro atoms. The maximum atomic E-state index is 12.5. The number of amides is 1. The summed E-state index contributed by atoms with van der Waals surface area (Å²) in [6.07, 6.45) is -1.46. The summed E-state index contributed by atoms with van der Waals surface area (Å²) in [7, 11) is 0. The van der Waals surface area contributed by atoms with Crippen LogP contribution in [0.5, 0.6) is 0 Å². The number of nitrogens with zero attached hydrogens (tertiary/aromatic N) is 2. The topological polar surface area (TPSA) is 162 Å². The van der Waals surface area contributed by atoms with Gasteiger partial charge in [0.05, 0.1) is 15.9 Å². The van der Waals surface area contributed by atoms with E-state index in [1.54, 1.807) is 0 Å². The molecule has 35 heavy (non-hydrogen) atoms. The lowest BCUT2D eigenvalue weighted by Crippen LogP contribution is -2.43. The average molecular weight is 477 g/mol. The molecule has 0 aromatic heterocycles. The second kappa shape index (κ2) is 9.59. The van der Waals surface area contributed by atoms with Crippen molar-refractivity contribution < 1.29 is 29.3 Å². The SMILES string of the molecule is O=C(N[C@H](Cc1ccc([N+](=O)[O-])cc1[N+](=O)[O-])C(=O)O)OCC1c2ccccc2-c2ccccc21. The minimum atomic E-state index is -1.55. The molecule has 0 bridgehead atoms. The summed E-state index contributed by atoms with van der Waals surface area (Å²) in [5, 5.41) is 34.0. The van der Waals surface area contributed by atoms with Crippen LogP contribution < -0.4 is 5.32 Å². The van der Waals surface area contributed by atoms with Gasteiger partial charge >= 0.3 is 12.1 Å². The molecule has 11 nitrogen and oxygen atoms in total. The molecule has 1 atom stereocenters. The second-order valence-corrected chi connectivity index (χ2v) is 7.89. The number of carbonyl (C=O) groups excluding carboxylic acids is 1. The molecule has 0 saturated carbocycles. The van der Waals surface area contributed by atoms with Crippen molar-refractivity contribution in [2.45, 2.75) is 18.4 Å². The van der Waals surface area contributed by atoms with Gasteiger partial charge in [-0.05, 0) is 28.3 Å². The molecule has 3 aromatic carbocycles.